The molecule has 0 heterocycles. The molecule has 0 aromatic rings. The van der Waals surface area contributed by atoms with E-state index in [1.807, 2.05) is 0 Å². The Morgan fingerprint density at radius 2 is 1.35 bits per heavy atom. The molecule has 1 amide bonds. The van der Waals surface area contributed by atoms with E-state index >= 15 is 0 Å². The number of halogens is 1. The van der Waals surface area contributed by atoms with Crippen LogP contribution in [0.15, 0.2) is 0 Å². The van der Waals surface area contributed by atoms with Gasteiger partial charge in [-0.25, -0.2) is 0 Å². The predicted molar refractivity (Wildman–Crippen MR) is 96.6 cm³/mol. The molecule has 8 heteroatoms. The molecule has 0 saturated heterocycles. The van der Waals surface area contributed by atoms with Gasteiger partial charge in [-0.1, -0.05) is 0 Å². The minimum atomic E-state index is -0.0854. The number of rotatable bonds is 17. The molecule has 0 bridgehead atoms. The molecule has 0 spiro atoms. The minimum Gasteiger partial charge on any atom is -0.379 e. The van der Waals surface area contributed by atoms with Crippen molar-refractivity contribution in [2.24, 2.45) is 0 Å². The van der Waals surface area contributed by atoms with Crippen LogP contribution in [0.25, 0.3) is 0 Å². The summed E-state index contributed by atoms with van der Waals surface area (Å²) in [5.74, 6) is -0.0515. The number of carbonyl (C=O) groups excluding carboxylic acids is 2. The van der Waals surface area contributed by atoms with Crippen molar-refractivity contribution in [3.63, 3.8) is 0 Å². The number of ether oxygens (including phenoxy) is 3. The van der Waals surface area contributed by atoms with Crippen LogP contribution in [0.4, 0.5) is 0 Å². The van der Waals surface area contributed by atoms with Crippen molar-refractivity contribution in [2.75, 3.05) is 52.7 Å². The zero-order valence-electron chi connectivity index (χ0n) is 13.9. The van der Waals surface area contributed by atoms with E-state index in [4.69, 9.17) is 14.2 Å². The molecule has 2 N–H and O–H groups in total. The number of ketones is 1. The second-order valence-electron chi connectivity index (χ2n) is 4.98. The molecule has 23 heavy (non-hydrogen) atoms. The maximum absolute atomic E-state index is 11.3. The first-order valence-corrected chi connectivity index (χ1v) is 9.07. The number of Topliss-reactive ketones (excluding diaryl/α,β-unsaturated/α-hetero) is 1. The van der Waals surface area contributed by atoms with Crippen molar-refractivity contribution >= 4 is 34.6 Å². The highest BCUT2D eigenvalue weighted by molar-refractivity contribution is 14.1. The number of hydrogen-bond acceptors (Lipinski definition) is 6. The molecule has 0 radical (unpaired) electrons. The lowest BCUT2D eigenvalue weighted by Crippen LogP contribution is -2.25. The summed E-state index contributed by atoms with van der Waals surface area (Å²) < 4.78 is 19.2. The number of carbonyl (C=O) groups is 2. The highest BCUT2D eigenvalue weighted by Gasteiger charge is 2.02. The van der Waals surface area contributed by atoms with Crippen molar-refractivity contribution in [2.45, 2.75) is 32.6 Å². The highest BCUT2D eigenvalue weighted by Crippen LogP contribution is 1.90. The fourth-order valence-electron chi connectivity index (χ4n) is 1.56. The molecule has 0 aromatic heterocycles. The van der Waals surface area contributed by atoms with Gasteiger partial charge in [-0.3, -0.25) is 8.32 Å². The Hall–Kier alpha value is -0.290. The Morgan fingerprint density at radius 3 is 1.87 bits per heavy atom. The number of hydrogen-bond donors (Lipinski definition) is 2. The van der Waals surface area contributed by atoms with Gasteiger partial charge in [0.05, 0.1) is 26.4 Å². The lowest BCUT2D eigenvalue weighted by atomic mass is 10.2. The summed E-state index contributed by atoms with van der Waals surface area (Å²) in [6.45, 7) is 6.59. The normalized spacial score (nSPS) is 10.7. The summed E-state index contributed by atoms with van der Waals surface area (Å²) in [6.07, 6.45) is 2.32. The molecule has 136 valence electrons. The van der Waals surface area contributed by atoms with Crippen LogP contribution in [0.1, 0.15) is 32.6 Å². The van der Waals surface area contributed by atoms with Gasteiger partial charge in [0.1, 0.15) is 5.78 Å². The van der Waals surface area contributed by atoms with Crippen molar-refractivity contribution in [1.29, 1.82) is 0 Å². The maximum Gasteiger partial charge on any atom is 0.220 e. The topological polar surface area (TPSA) is 85.9 Å². The van der Waals surface area contributed by atoms with Gasteiger partial charge in [-0.2, -0.15) is 0 Å². The Kier molecular flexibility index (Phi) is 17.8. The standard InChI is InChI=1S/C15H29IN2O5/c1-14(19)4-5-15(20)17-6-2-8-21-10-12-23-13-11-22-9-3-7-18-16/h18H,2-13H2,1H3,(H,17,20). The molecule has 0 unspecified atom stereocenters. The molecular formula is C15H29IN2O5. The Morgan fingerprint density at radius 1 is 0.826 bits per heavy atom. The molecule has 0 atom stereocenters. The Labute approximate surface area is 152 Å². The average molecular weight is 444 g/mol. The average Bonchev–Trinajstić information content (AvgIpc) is 2.53. The molecule has 0 aliphatic rings. The van der Waals surface area contributed by atoms with Crippen LogP contribution in [-0.4, -0.2) is 64.4 Å². The lowest BCUT2D eigenvalue weighted by molar-refractivity contribution is -0.124. The molecule has 0 fully saturated rings. The monoisotopic (exact) mass is 444 g/mol. The smallest absolute Gasteiger partial charge is 0.220 e. The summed E-state index contributed by atoms with van der Waals surface area (Å²) in [5.41, 5.74) is 0. The molecule has 0 aliphatic heterocycles. The lowest BCUT2D eigenvalue weighted by Gasteiger charge is -2.07. The first-order valence-electron chi connectivity index (χ1n) is 7.99. The fraction of sp³-hybridized carbons (Fsp3) is 0.867. The first kappa shape index (κ1) is 22.7. The Balaban J connectivity index is 3.10. The van der Waals surface area contributed by atoms with E-state index in [0.717, 1.165) is 26.0 Å². The van der Waals surface area contributed by atoms with Crippen LogP contribution >= 0.6 is 22.9 Å². The van der Waals surface area contributed by atoms with Crippen molar-refractivity contribution in [1.82, 2.24) is 8.85 Å². The largest absolute Gasteiger partial charge is 0.379 e. The molecule has 0 aromatic carbocycles. The van der Waals surface area contributed by atoms with E-state index in [9.17, 15) is 9.59 Å². The van der Waals surface area contributed by atoms with Gasteiger partial charge < -0.3 is 24.3 Å². The number of nitrogens with one attached hydrogen (secondary N) is 2. The van der Waals surface area contributed by atoms with Gasteiger partial charge >= 0.3 is 0 Å². The van der Waals surface area contributed by atoms with Gasteiger partial charge in [0.2, 0.25) is 5.91 Å². The second-order valence-corrected chi connectivity index (χ2v) is 5.74. The Bertz CT molecular complexity index is 306. The third-order valence-corrected chi connectivity index (χ3v) is 3.34. The van der Waals surface area contributed by atoms with Gasteiger partial charge in [0.15, 0.2) is 0 Å². The third-order valence-electron chi connectivity index (χ3n) is 2.80. The van der Waals surface area contributed by atoms with Crippen molar-refractivity contribution in [3.05, 3.63) is 0 Å². The van der Waals surface area contributed by atoms with Gasteiger partial charge in [0, 0.05) is 62.0 Å². The quantitative estimate of drug-likeness (QED) is 0.200. The van der Waals surface area contributed by atoms with Crippen LogP contribution in [0.3, 0.4) is 0 Å². The first-order chi connectivity index (χ1) is 11.2. The van der Waals surface area contributed by atoms with Crippen molar-refractivity contribution < 1.29 is 23.8 Å². The zero-order chi connectivity index (χ0) is 17.2. The van der Waals surface area contributed by atoms with E-state index in [-0.39, 0.29) is 18.1 Å². The third kappa shape index (κ3) is 19.7. The SMILES string of the molecule is CC(=O)CCC(=O)NCCCOCCOCCOCCCNI. The summed E-state index contributed by atoms with van der Waals surface area (Å²) in [7, 11) is 0. The zero-order valence-corrected chi connectivity index (χ0v) is 16.1. The van der Waals surface area contributed by atoms with Crippen LogP contribution in [0.2, 0.25) is 0 Å². The van der Waals surface area contributed by atoms with E-state index in [1.54, 1.807) is 0 Å². The molecule has 0 rings (SSSR count). The van der Waals surface area contributed by atoms with Crippen molar-refractivity contribution in [3.8, 4) is 0 Å². The minimum absolute atomic E-state index is 0.0338. The second kappa shape index (κ2) is 18.1. The van der Waals surface area contributed by atoms with Crippen LogP contribution in [0, 0.1) is 0 Å². The molecule has 7 nitrogen and oxygen atoms in total. The maximum atomic E-state index is 11.3. The highest BCUT2D eigenvalue weighted by atomic mass is 127. The van der Waals surface area contributed by atoms with Crippen LogP contribution < -0.4 is 8.85 Å². The summed E-state index contributed by atoms with van der Waals surface area (Å²) in [6, 6.07) is 0. The van der Waals surface area contributed by atoms with E-state index in [2.05, 4.69) is 31.7 Å². The molecule has 0 saturated carbocycles. The van der Waals surface area contributed by atoms with Crippen LogP contribution in [-0.2, 0) is 23.8 Å². The molecule has 0 aliphatic carbocycles. The fourth-order valence-corrected chi connectivity index (χ4v) is 1.94. The summed E-state index contributed by atoms with van der Waals surface area (Å²) in [4.78, 5) is 22.1. The van der Waals surface area contributed by atoms with Gasteiger partial charge in [-0.05, 0) is 19.8 Å². The number of amides is 1. The molecular weight excluding hydrogens is 415 g/mol. The summed E-state index contributed by atoms with van der Waals surface area (Å²) in [5, 5.41) is 2.75. The van der Waals surface area contributed by atoms with E-state index < -0.39 is 0 Å². The van der Waals surface area contributed by atoms with E-state index in [1.165, 1.54) is 6.92 Å². The predicted octanol–water partition coefficient (Wildman–Crippen LogP) is 1.24. The summed E-state index contributed by atoms with van der Waals surface area (Å²) >= 11 is 2.11. The van der Waals surface area contributed by atoms with E-state index in [0.29, 0.717) is 46.0 Å². The van der Waals surface area contributed by atoms with Gasteiger partial charge in [0.25, 0.3) is 0 Å². The van der Waals surface area contributed by atoms with Gasteiger partial charge in [-0.15, -0.1) is 0 Å². The van der Waals surface area contributed by atoms with Crippen LogP contribution in [0.5, 0.6) is 0 Å².